The lowest BCUT2D eigenvalue weighted by Crippen LogP contribution is -2.38. The predicted octanol–water partition coefficient (Wildman–Crippen LogP) is 2.71. The summed E-state index contributed by atoms with van der Waals surface area (Å²) in [6, 6.07) is 5.65. The van der Waals surface area contributed by atoms with Crippen LogP contribution in [0.25, 0.3) is 11.0 Å². The van der Waals surface area contributed by atoms with Gasteiger partial charge in [0.1, 0.15) is 5.82 Å². The second-order valence-electron chi connectivity index (χ2n) is 8.12. The first-order valence-electron chi connectivity index (χ1n) is 11.2. The van der Waals surface area contributed by atoms with Gasteiger partial charge in [0, 0.05) is 42.9 Å². The molecule has 0 bridgehead atoms. The first-order chi connectivity index (χ1) is 15.5. The van der Waals surface area contributed by atoms with E-state index in [4.69, 9.17) is 4.74 Å². The van der Waals surface area contributed by atoms with Crippen molar-refractivity contribution in [2.24, 2.45) is 0 Å². The fraction of sp³-hybridized carbons (Fsp3) is 0.478. The summed E-state index contributed by atoms with van der Waals surface area (Å²) in [6.45, 7) is 6.61. The summed E-state index contributed by atoms with van der Waals surface area (Å²) in [5.74, 6) is 1.38. The van der Waals surface area contributed by atoms with Gasteiger partial charge in [-0.05, 0) is 38.0 Å². The fourth-order valence-electron chi connectivity index (χ4n) is 3.88. The molecule has 1 aliphatic rings. The van der Waals surface area contributed by atoms with Gasteiger partial charge in [-0.25, -0.2) is 9.97 Å². The quantitative estimate of drug-likeness (QED) is 0.498. The number of fused-ring (bicyclic) bond motifs is 1. The summed E-state index contributed by atoms with van der Waals surface area (Å²) in [5, 5.41) is 2.92. The van der Waals surface area contributed by atoms with Crippen molar-refractivity contribution in [3.8, 4) is 0 Å². The van der Waals surface area contributed by atoms with Crippen molar-refractivity contribution in [2.45, 2.75) is 46.0 Å². The molecular formula is C23H30N6O3. The van der Waals surface area contributed by atoms with E-state index in [9.17, 15) is 9.59 Å². The van der Waals surface area contributed by atoms with Crippen LogP contribution in [0.4, 0.5) is 11.6 Å². The van der Waals surface area contributed by atoms with E-state index >= 15 is 0 Å². The lowest BCUT2D eigenvalue weighted by Gasteiger charge is -2.27. The van der Waals surface area contributed by atoms with E-state index in [2.05, 4.69) is 32.2 Å². The molecule has 4 rings (SSSR count). The van der Waals surface area contributed by atoms with Gasteiger partial charge in [0.2, 0.25) is 11.9 Å². The molecule has 170 valence electrons. The molecule has 2 aromatic heterocycles. The van der Waals surface area contributed by atoms with Gasteiger partial charge in [0.15, 0.2) is 0 Å². The average molecular weight is 439 g/mol. The highest BCUT2D eigenvalue weighted by Gasteiger charge is 2.17. The minimum absolute atomic E-state index is 0.147. The highest BCUT2D eigenvalue weighted by atomic mass is 16.5. The van der Waals surface area contributed by atoms with Gasteiger partial charge in [-0.1, -0.05) is 13.3 Å². The Morgan fingerprint density at radius 1 is 1.19 bits per heavy atom. The summed E-state index contributed by atoms with van der Waals surface area (Å²) in [6.07, 6.45) is 3.65. The minimum Gasteiger partial charge on any atom is -0.378 e. The number of aromatic nitrogens is 4. The van der Waals surface area contributed by atoms with Crippen molar-refractivity contribution in [1.29, 1.82) is 0 Å². The second-order valence-corrected chi connectivity index (χ2v) is 8.12. The van der Waals surface area contributed by atoms with E-state index in [1.54, 1.807) is 0 Å². The third-order valence-electron chi connectivity index (χ3n) is 5.70. The third kappa shape index (κ3) is 5.16. The van der Waals surface area contributed by atoms with Crippen LogP contribution < -0.4 is 15.8 Å². The number of nitrogens with one attached hydrogen (secondary N) is 3. The predicted molar refractivity (Wildman–Crippen MR) is 124 cm³/mol. The fourth-order valence-corrected chi connectivity index (χ4v) is 3.88. The van der Waals surface area contributed by atoms with E-state index in [-0.39, 0.29) is 17.9 Å². The normalized spacial score (nSPS) is 14.1. The number of unbranched alkanes of at least 4 members (excludes halogenated alkanes) is 1. The van der Waals surface area contributed by atoms with Crippen LogP contribution in [0, 0.1) is 6.92 Å². The highest BCUT2D eigenvalue weighted by molar-refractivity contribution is 5.93. The Morgan fingerprint density at radius 3 is 2.75 bits per heavy atom. The maximum Gasteiger partial charge on any atom is 0.255 e. The zero-order valence-corrected chi connectivity index (χ0v) is 18.7. The van der Waals surface area contributed by atoms with Crippen LogP contribution in [0.2, 0.25) is 0 Å². The summed E-state index contributed by atoms with van der Waals surface area (Å²) < 4.78 is 5.35. The zero-order valence-electron chi connectivity index (χ0n) is 18.7. The standard InChI is InChI=1S/C23H30N6O3/c1-3-4-5-20-26-18-8-6-16(14-19(18)27-20)25-21(30)9-7-17-15(2)24-23(28-22(17)31)29-10-12-32-13-11-29/h6,8,14H,3-5,7,9-13H2,1-2H3,(H,25,30)(H,26,27)(H,24,28,31). The van der Waals surface area contributed by atoms with Gasteiger partial charge in [-0.3, -0.25) is 14.6 Å². The van der Waals surface area contributed by atoms with Crippen LogP contribution in [-0.2, 0) is 22.4 Å². The number of hydrogen-bond donors (Lipinski definition) is 3. The molecule has 0 unspecified atom stereocenters. The Kier molecular flexibility index (Phi) is 6.84. The number of nitrogens with zero attached hydrogens (tertiary/aromatic N) is 3. The number of hydrogen-bond acceptors (Lipinski definition) is 6. The van der Waals surface area contributed by atoms with Crippen LogP contribution in [0.3, 0.4) is 0 Å². The Balaban J connectivity index is 1.37. The topological polar surface area (TPSA) is 116 Å². The van der Waals surface area contributed by atoms with Crippen molar-refractivity contribution in [2.75, 3.05) is 36.5 Å². The molecule has 0 saturated carbocycles. The molecule has 0 aliphatic carbocycles. The van der Waals surface area contributed by atoms with E-state index in [0.717, 1.165) is 36.1 Å². The smallest absolute Gasteiger partial charge is 0.255 e. The first-order valence-corrected chi connectivity index (χ1v) is 11.2. The summed E-state index contributed by atoms with van der Waals surface area (Å²) in [7, 11) is 0. The third-order valence-corrected chi connectivity index (χ3v) is 5.70. The lowest BCUT2D eigenvalue weighted by atomic mass is 10.1. The molecule has 3 aromatic rings. The summed E-state index contributed by atoms with van der Waals surface area (Å²) in [5.41, 5.74) is 3.51. The molecule has 1 amide bonds. The van der Waals surface area contributed by atoms with Crippen LogP contribution in [0.5, 0.6) is 0 Å². The van der Waals surface area contributed by atoms with Gasteiger partial charge in [0.25, 0.3) is 5.56 Å². The maximum atomic E-state index is 12.6. The number of anilines is 2. The summed E-state index contributed by atoms with van der Waals surface area (Å²) >= 11 is 0. The number of rotatable bonds is 8. The van der Waals surface area contributed by atoms with E-state index in [1.165, 1.54) is 0 Å². The van der Waals surface area contributed by atoms with Crippen molar-refractivity contribution in [1.82, 2.24) is 19.9 Å². The molecule has 32 heavy (non-hydrogen) atoms. The van der Waals surface area contributed by atoms with Crippen molar-refractivity contribution in [3.05, 3.63) is 45.6 Å². The number of ether oxygens (including phenoxy) is 1. The number of imidazole rings is 1. The molecule has 1 fully saturated rings. The van der Waals surface area contributed by atoms with Crippen molar-refractivity contribution in [3.63, 3.8) is 0 Å². The molecule has 1 aromatic carbocycles. The Labute approximate surface area is 186 Å². The number of benzene rings is 1. The number of aryl methyl sites for hydroxylation is 2. The van der Waals surface area contributed by atoms with Gasteiger partial charge in [-0.2, -0.15) is 0 Å². The van der Waals surface area contributed by atoms with Gasteiger partial charge in [0.05, 0.1) is 24.2 Å². The van der Waals surface area contributed by atoms with Crippen LogP contribution >= 0.6 is 0 Å². The molecule has 1 aliphatic heterocycles. The van der Waals surface area contributed by atoms with Crippen molar-refractivity contribution < 1.29 is 9.53 Å². The molecule has 9 nitrogen and oxygen atoms in total. The Morgan fingerprint density at radius 2 is 2.00 bits per heavy atom. The number of carbonyl (C=O) groups is 1. The van der Waals surface area contributed by atoms with Gasteiger partial charge < -0.3 is 19.9 Å². The second kappa shape index (κ2) is 9.95. The Hall–Kier alpha value is -3.20. The monoisotopic (exact) mass is 438 g/mol. The van der Waals surface area contributed by atoms with Crippen LogP contribution in [0.15, 0.2) is 23.0 Å². The molecule has 0 spiro atoms. The molecule has 3 N–H and O–H groups in total. The molecule has 9 heteroatoms. The number of carbonyl (C=O) groups excluding carboxylic acids is 1. The van der Waals surface area contributed by atoms with Gasteiger partial charge in [-0.15, -0.1) is 0 Å². The average Bonchev–Trinajstić information content (AvgIpc) is 3.19. The largest absolute Gasteiger partial charge is 0.378 e. The van der Waals surface area contributed by atoms with Crippen LogP contribution in [-0.4, -0.2) is 52.1 Å². The molecular weight excluding hydrogens is 408 g/mol. The van der Waals surface area contributed by atoms with Crippen molar-refractivity contribution >= 4 is 28.6 Å². The van der Waals surface area contributed by atoms with Crippen LogP contribution in [0.1, 0.15) is 43.3 Å². The van der Waals surface area contributed by atoms with E-state index < -0.39 is 0 Å². The maximum absolute atomic E-state index is 12.6. The van der Waals surface area contributed by atoms with Gasteiger partial charge >= 0.3 is 0 Å². The first kappa shape index (κ1) is 22.0. The van der Waals surface area contributed by atoms with E-state index in [1.807, 2.05) is 30.0 Å². The molecule has 3 heterocycles. The summed E-state index contributed by atoms with van der Waals surface area (Å²) in [4.78, 5) is 42.4. The SMILES string of the molecule is CCCCc1nc2ccc(NC(=O)CCc3c(C)nc(N4CCOCC4)[nH]c3=O)cc2[nH]1. The Bertz CT molecular complexity index is 1150. The lowest BCUT2D eigenvalue weighted by molar-refractivity contribution is -0.116. The molecule has 1 saturated heterocycles. The van der Waals surface area contributed by atoms with E-state index in [0.29, 0.717) is 55.6 Å². The minimum atomic E-state index is -0.190. The molecule has 0 atom stereocenters. The number of aromatic amines is 2. The molecule has 0 radical (unpaired) electrons. The number of amides is 1. The number of morpholine rings is 1. The number of H-pyrrole nitrogens is 2. The highest BCUT2D eigenvalue weighted by Crippen LogP contribution is 2.19. The zero-order chi connectivity index (χ0) is 22.5.